The van der Waals surface area contributed by atoms with Crippen molar-refractivity contribution in [3.63, 3.8) is 0 Å². The van der Waals surface area contributed by atoms with Gasteiger partial charge in [0.15, 0.2) is 41.5 Å². The number of aliphatic hydroxyl groups is 6. The van der Waals surface area contributed by atoms with Crippen LogP contribution in [0.3, 0.4) is 0 Å². The quantitative estimate of drug-likeness (QED) is 0.0182. The molecule has 5 aromatic rings. The number of carboxylic acids is 1. The molecule has 5 aromatic carbocycles. The van der Waals surface area contributed by atoms with E-state index in [0.29, 0.717) is 19.4 Å². The number of nitrogens with one attached hydrogen (secondary N) is 7. The van der Waals surface area contributed by atoms with Crippen LogP contribution in [-0.2, 0) is 63.7 Å². The second-order valence-electron chi connectivity index (χ2n) is 32.3. The zero-order valence-electron chi connectivity index (χ0n) is 67.7. The first-order valence-corrected chi connectivity index (χ1v) is 43.0. The summed E-state index contributed by atoms with van der Waals surface area (Å²) in [6.45, 7) is 9.03. The SMILES string of the molecule is CCCCCCCCCCNCCC[C@@]1(C)C[C@H](O[C@H]2[C@H](Oc3c4cc5cc3Oc3ccc(cc3Cl)C(O)C3NC(=O)C(CC(=O)C5NC(=O)C(CC(N)=O)CC(=O)C(NC(=O)C(CC(C)C)NC)C(O)c5ccc(c(Cl)c5)O4)c4ccc(O)c(c4)-c4c(cc(O)c(CNCP(=O)(O)O)c4O)C(C(=O)O)NC3=O)O[C@H](CO)[C@@H](O)[C@@H]2O)O[C@@H](C)[C@H]1O. The summed E-state index contributed by atoms with van der Waals surface area (Å²) in [6, 6.07) is 3.09. The Hall–Kier alpha value is -8.69. The number of hydrogen-bond donors (Lipinski definition) is 20. The maximum Gasteiger partial charge on any atom is 0.339 e. The number of phenols is 3. The molecule has 0 radical (unpaired) electrons. The Labute approximate surface area is 708 Å². The molecule has 21 N–H and O–H groups in total. The second-order valence-corrected chi connectivity index (χ2v) is 34.7. The molecule has 2 fully saturated rings. The molecule has 7 heterocycles. The number of phenolic OH excluding ortho intramolecular Hbond substituents is 3. The van der Waals surface area contributed by atoms with Crippen molar-refractivity contribution in [1.29, 1.82) is 0 Å². The predicted molar refractivity (Wildman–Crippen MR) is 436 cm³/mol. The smallest absolute Gasteiger partial charge is 0.339 e. The lowest BCUT2D eigenvalue weighted by molar-refractivity contribution is -0.339. The number of ketones is 2. The number of benzene rings is 5. The van der Waals surface area contributed by atoms with Crippen molar-refractivity contribution < 1.29 is 132 Å². The number of halogens is 2. The van der Waals surface area contributed by atoms with E-state index in [4.69, 9.17) is 57.4 Å². The summed E-state index contributed by atoms with van der Waals surface area (Å²) in [4.78, 5) is 139. The minimum atomic E-state index is -4.83. The summed E-state index contributed by atoms with van der Waals surface area (Å²) in [5.74, 6) is -19.7. The Bertz CT molecular complexity index is 4640. The summed E-state index contributed by atoms with van der Waals surface area (Å²) in [5.41, 5.74) is 1.31. The number of nitrogens with two attached hydrogens (primary N) is 1. The highest BCUT2D eigenvalue weighted by Gasteiger charge is 2.52. The van der Waals surface area contributed by atoms with E-state index in [1.807, 2.05) is 20.8 Å². The minimum Gasteiger partial charge on any atom is -0.507 e. The molecule has 35 nitrogen and oxygen atoms in total. The fourth-order valence-electron chi connectivity index (χ4n) is 16.0. The lowest BCUT2D eigenvalue weighted by Gasteiger charge is -2.48. The molecular weight excluding hydrogens is 1640 g/mol. The number of hydrogen-bond acceptors (Lipinski definition) is 27. The highest BCUT2D eigenvalue weighted by Crippen LogP contribution is 2.52. The number of likely N-dealkylation sites (N-methyl/N-ethyl adjacent to an activating group) is 1. The largest absolute Gasteiger partial charge is 0.507 e. The van der Waals surface area contributed by atoms with Crippen molar-refractivity contribution in [1.82, 2.24) is 37.2 Å². The van der Waals surface area contributed by atoms with Crippen molar-refractivity contribution in [3.8, 4) is 57.1 Å². The summed E-state index contributed by atoms with van der Waals surface area (Å²) in [5, 5.41) is 136. The number of unbranched alkanes of at least 4 members (excludes halogenated alkanes) is 7. The first kappa shape index (κ1) is 94.6. The van der Waals surface area contributed by atoms with E-state index in [2.05, 4.69) is 44.1 Å². The van der Waals surface area contributed by atoms with Crippen molar-refractivity contribution in [2.24, 2.45) is 23.0 Å². The summed E-state index contributed by atoms with van der Waals surface area (Å²) >= 11 is 14.4. The Kier molecular flexibility index (Phi) is 32.6. The van der Waals surface area contributed by atoms with Gasteiger partial charge in [0.1, 0.15) is 77.4 Å². The van der Waals surface area contributed by atoms with Crippen LogP contribution in [0.2, 0.25) is 10.0 Å². The Morgan fingerprint density at radius 1 is 0.719 bits per heavy atom. The number of fused-ring (bicyclic) bond motifs is 15. The monoisotopic (exact) mass is 1750 g/mol. The molecule has 662 valence electrons. The third kappa shape index (κ3) is 23.2. The number of aliphatic hydroxyl groups excluding tert-OH is 6. The van der Waals surface area contributed by atoms with Crippen LogP contribution >= 0.6 is 30.8 Å². The highest BCUT2D eigenvalue weighted by molar-refractivity contribution is 7.51. The molecule has 0 aliphatic carbocycles. The maximum atomic E-state index is 16.5. The summed E-state index contributed by atoms with van der Waals surface area (Å²) in [7, 11) is -3.35. The molecular formula is C83H109Cl2N8O27P. The number of carbonyl (C=O) groups is 8. The molecule has 18 atom stereocenters. The van der Waals surface area contributed by atoms with Gasteiger partial charge in [-0.1, -0.05) is 114 Å². The van der Waals surface area contributed by atoms with Crippen LogP contribution in [0.5, 0.6) is 46.0 Å². The van der Waals surface area contributed by atoms with E-state index in [-0.39, 0.29) is 46.2 Å². The van der Waals surface area contributed by atoms with Gasteiger partial charge in [-0.15, -0.1) is 0 Å². The Morgan fingerprint density at radius 3 is 1.95 bits per heavy atom. The zero-order valence-corrected chi connectivity index (χ0v) is 70.1. The van der Waals surface area contributed by atoms with Crippen molar-refractivity contribution >= 4 is 77.9 Å². The average Bonchev–Trinajstić information content (AvgIpc) is 0.839. The van der Waals surface area contributed by atoms with Crippen LogP contribution < -0.4 is 57.2 Å². The number of amides is 5. The number of carboxylic acid groups (broad SMARTS) is 1. The molecule has 5 amide bonds. The number of primary amides is 1. The molecule has 7 aliphatic heterocycles. The van der Waals surface area contributed by atoms with Gasteiger partial charge >= 0.3 is 13.6 Å². The van der Waals surface area contributed by atoms with Crippen LogP contribution in [0.15, 0.2) is 72.8 Å². The lowest BCUT2D eigenvalue weighted by Crippen LogP contribution is -2.62. The van der Waals surface area contributed by atoms with Gasteiger partial charge in [-0.05, 0) is 136 Å². The van der Waals surface area contributed by atoms with Crippen LogP contribution in [0.1, 0.15) is 195 Å². The molecule has 121 heavy (non-hydrogen) atoms. The van der Waals surface area contributed by atoms with E-state index in [0.717, 1.165) is 80.4 Å². The number of rotatable bonds is 30. The van der Waals surface area contributed by atoms with Crippen LogP contribution in [0.4, 0.5) is 0 Å². The molecule has 7 aliphatic rings. The van der Waals surface area contributed by atoms with E-state index in [1.54, 1.807) is 6.92 Å². The van der Waals surface area contributed by atoms with Gasteiger partial charge in [0, 0.05) is 54.3 Å². The van der Waals surface area contributed by atoms with Gasteiger partial charge < -0.3 is 132 Å². The molecule has 0 spiro atoms. The minimum absolute atomic E-state index is 0.00859. The van der Waals surface area contributed by atoms with Gasteiger partial charge in [-0.2, -0.15) is 0 Å². The fourth-order valence-corrected chi connectivity index (χ4v) is 16.9. The summed E-state index contributed by atoms with van der Waals surface area (Å²) < 4.78 is 51.7. The summed E-state index contributed by atoms with van der Waals surface area (Å²) in [6.07, 6.45) is -10.7. The van der Waals surface area contributed by atoms with Crippen LogP contribution in [-0.4, -0.2) is 208 Å². The molecule has 38 heteroatoms. The molecule has 2 saturated heterocycles. The molecule has 12 rings (SSSR count). The first-order valence-electron chi connectivity index (χ1n) is 40.4. The molecule has 9 unspecified atom stereocenters. The normalized spacial score (nSPS) is 26.8. The third-order valence-electron chi connectivity index (χ3n) is 22.6. The fraction of sp³-hybridized carbons (Fsp3) is 0.542. The van der Waals surface area contributed by atoms with E-state index < -0.39 is 275 Å². The molecule has 0 aromatic heterocycles. The Morgan fingerprint density at radius 2 is 1.35 bits per heavy atom. The van der Waals surface area contributed by atoms with Gasteiger partial charge in [0.05, 0.1) is 58.6 Å². The lowest BCUT2D eigenvalue weighted by atomic mass is 9.73. The third-order valence-corrected chi connectivity index (χ3v) is 23.9. The predicted octanol–water partition coefficient (Wildman–Crippen LogP) is 6.11. The Balaban J connectivity index is 1.17. The van der Waals surface area contributed by atoms with Crippen LogP contribution in [0.25, 0.3) is 11.1 Å². The topological polar surface area (TPSA) is 562 Å². The van der Waals surface area contributed by atoms with Crippen molar-refractivity contribution in [2.75, 3.05) is 33.0 Å². The van der Waals surface area contributed by atoms with Crippen LogP contribution in [0, 0.1) is 17.3 Å². The van der Waals surface area contributed by atoms with Crippen molar-refractivity contribution in [3.05, 3.63) is 116 Å². The van der Waals surface area contributed by atoms with Crippen molar-refractivity contribution in [2.45, 2.75) is 235 Å². The molecule has 0 saturated carbocycles. The highest BCUT2D eigenvalue weighted by atomic mass is 35.5. The van der Waals surface area contributed by atoms with Gasteiger partial charge in [-0.25, -0.2) is 4.79 Å². The zero-order chi connectivity index (χ0) is 88.2. The van der Waals surface area contributed by atoms with Gasteiger partial charge in [0.25, 0.3) is 0 Å². The van der Waals surface area contributed by atoms with Gasteiger partial charge in [-0.3, -0.25) is 38.1 Å². The average molecular weight is 1750 g/mol. The number of Topliss-reactive ketones (excluding diaryl/α,β-unsaturated/α-hetero) is 2. The standard InChI is InChI=1S/C83H109Cl2N8O27P/c1-7-8-9-10-11-12-13-14-23-88-24-15-22-83(5)35-63(115-40(4)76(83)105)119-75-73(104)72(103)61(37-94)118-82(75)120-74-59-30-44-31-60(74)117-58-21-18-43(28-51(58)85)70(101)68-80(109)91-66(81(110)111)48-34-54(96)49(36-89-38-121(112,113)114)71(102)64(48)47-26-41(16-19-53(47)95)46(78(107)93-68)33-56(98)65(44)90-77(106)45(32-62(86)99)29-55(97)67(92-79(108)52(87-6)25-39(2)3)69(100)42-17-20-57(116-59)50(84)27-42/h16-21,26-28,30-31,34,39-40,45-46,52,61,63,65-70,72-73,75-76,82,87-89,94-96,100-105H,7-15,22-25,29,32-33,35-38H2,1-6H3,(H2,86,99)(H,90,106)(H,91,109)(H,92,108)(H,93,107)(H,110,111)(H2,112,113,114)/t40-,45?,46?,52?,61+,63-,65?,66?,67?,68?,69?,70?,72+,73-,75+,76+,82-,83-/m0/s1. The van der Waals surface area contributed by atoms with E-state index in [9.17, 15) is 79.8 Å². The van der Waals surface area contributed by atoms with E-state index >= 15 is 24.0 Å². The van der Waals surface area contributed by atoms with E-state index in [1.165, 1.54) is 57.4 Å². The first-order chi connectivity index (χ1) is 57.3. The number of carbonyl (C=O) groups excluding carboxylic acids is 7. The number of aliphatic carboxylic acids is 1. The number of ether oxygens (including phenoxy) is 6. The second kappa shape index (κ2) is 41.7. The maximum absolute atomic E-state index is 16.5. The number of aromatic hydroxyl groups is 3. The molecule has 11 bridgehead atoms. The van der Waals surface area contributed by atoms with Gasteiger partial charge in [0.2, 0.25) is 41.6 Å².